The fourth-order valence-electron chi connectivity index (χ4n) is 4.38. The summed E-state index contributed by atoms with van der Waals surface area (Å²) in [5.41, 5.74) is 5.67. The van der Waals surface area contributed by atoms with E-state index in [9.17, 15) is 5.11 Å². The molecule has 2 aromatic rings. The van der Waals surface area contributed by atoms with Gasteiger partial charge in [0.05, 0.1) is 18.7 Å². The van der Waals surface area contributed by atoms with Crippen LogP contribution in [0.1, 0.15) is 42.6 Å². The Balaban J connectivity index is 2.01. The summed E-state index contributed by atoms with van der Waals surface area (Å²) < 4.78 is 2.41. The van der Waals surface area contributed by atoms with Crippen molar-refractivity contribution in [1.82, 2.24) is 9.47 Å². The van der Waals surface area contributed by atoms with E-state index in [1.165, 1.54) is 47.0 Å². The van der Waals surface area contributed by atoms with Crippen molar-refractivity contribution in [3.8, 4) is 0 Å². The highest BCUT2D eigenvalue weighted by molar-refractivity contribution is 5.87. The Kier molecular flexibility index (Phi) is 3.09. The molecule has 1 aromatic heterocycles. The molecule has 0 fully saturated rings. The van der Waals surface area contributed by atoms with Crippen molar-refractivity contribution in [3.63, 3.8) is 0 Å². The number of rotatable bonds is 1. The topological polar surface area (TPSA) is 28.4 Å². The second-order valence-electron chi connectivity index (χ2n) is 6.64. The van der Waals surface area contributed by atoms with Gasteiger partial charge in [0.2, 0.25) is 0 Å². The van der Waals surface area contributed by atoms with Crippen molar-refractivity contribution < 1.29 is 5.11 Å². The third kappa shape index (κ3) is 1.95. The zero-order valence-corrected chi connectivity index (χ0v) is 13.0. The molecule has 1 N–H and O–H groups in total. The second-order valence-corrected chi connectivity index (χ2v) is 6.64. The first kappa shape index (κ1) is 13.4. The van der Waals surface area contributed by atoms with E-state index in [0.29, 0.717) is 6.04 Å². The summed E-state index contributed by atoms with van der Waals surface area (Å²) in [6.45, 7) is 6.94. The van der Waals surface area contributed by atoms with Crippen LogP contribution in [0.15, 0.2) is 18.2 Å². The molecule has 0 bridgehead atoms. The van der Waals surface area contributed by atoms with Crippen molar-refractivity contribution in [2.75, 3.05) is 13.1 Å². The highest BCUT2D eigenvalue weighted by Crippen LogP contribution is 2.42. The number of fused-ring (bicyclic) bond motifs is 3. The normalized spacial score (nSPS) is 25.9. The van der Waals surface area contributed by atoms with E-state index in [4.69, 9.17) is 0 Å². The fourth-order valence-corrected chi connectivity index (χ4v) is 4.38. The van der Waals surface area contributed by atoms with Crippen LogP contribution in [0.4, 0.5) is 0 Å². The number of benzene rings is 1. The first-order chi connectivity index (χ1) is 10.2. The fraction of sp³-hybridized carbons (Fsp3) is 0.556. The molecule has 0 spiro atoms. The molecule has 21 heavy (non-hydrogen) atoms. The van der Waals surface area contributed by atoms with E-state index in [1.807, 2.05) is 0 Å². The Morgan fingerprint density at radius 2 is 2.14 bits per heavy atom. The van der Waals surface area contributed by atoms with Crippen molar-refractivity contribution in [1.29, 1.82) is 0 Å². The van der Waals surface area contributed by atoms with Gasteiger partial charge < -0.3 is 9.67 Å². The summed E-state index contributed by atoms with van der Waals surface area (Å²) in [4.78, 5) is 2.47. The van der Waals surface area contributed by atoms with Crippen molar-refractivity contribution in [3.05, 3.63) is 35.0 Å². The minimum atomic E-state index is -0.267. The molecular formula is C18H24N2O. The molecule has 0 saturated heterocycles. The first-order valence-corrected chi connectivity index (χ1v) is 8.22. The van der Waals surface area contributed by atoms with Crippen LogP contribution in [-0.4, -0.2) is 33.8 Å². The Hall–Kier alpha value is -1.32. The average Bonchev–Trinajstić information content (AvgIpc) is 2.69. The van der Waals surface area contributed by atoms with Gasteiger partial charge in [-0.25, -0.2) is 0 Å². The minimum Gasteiger partial charge on any atom is -0.390 e. The standard InChI is InChI=1S/C18H24N2O/c1-3-19-10-13(21)11-20-16-8-7-12(2)9-15(16)14-5-4-6-17(19)18(14)20/h7-9,13,17,21H,3-6,10-11H2,1-2H3/t13-,17-/m0/s1. The molecule has 3 heteroatoms. The molecule has 0 radical (unpaired) electrons. The monoisotopic (exact) mass is 284 g/mol. The van der Waals surface area contributed by atoms with Gasteiger partial charge in [-0.1, -0.05) is 18.6 Å². The summed E-state index contributed by atoms with van der Waals surface area (Å²) in [5, 5.41) is 11.8. The molecule has 0 amide bonds. The number of hydrogen-bond acceptors (Lipinski definition) is 2. The Bertz CT molecular complexity index is 688. The Morgan fingerprint density at radius 1 is 1.29 bits per heavy atom. The molecule has 2 heterocycles. The molecule has 0 unspecified atom stereocenters. The maximum absolute atomic E-state index is 10.4. The van der Waals surface area contributed by atoms with Gasteiger partial charge in [0.1, 0.15) is 0 Å². The third-order valence-corrected chi connectivity index (χ3v) is 5.27. The molecule has 4 rings (SSSR count). The summed E-state index contributed by atoms with van der Waals surface area (Å²) in [7, 11) is 0. The highest BCUT2D eigenvalue weighted by Gasteiger charge is 2.34. The Labute approximate surface area is 126 Å². The van der Waals surface area contributed by atoms with Crippen LogP contribution in [0.5, 0.6) is 0 Å². The van der Waals surface area contributed by atoms with Crippen LogP contribution < -0.4 is 0 Å². The quantitative estimate of drug-likeness (QED) is 0.872. The summed E-state index contributed by atoms with van der Waals surface area (Å²) in [5.74, 6) is 0. The number of hydrogen-bond donors (Lipinski definition) is 1. The molecule has 2 aliphatic rings. The van der Waals surface area contributed by atoms with E-state index in [2.05, 4.69) is 41.5 Å². The number of likely N-dealkylation sites (N-methyl/N-ethyl adjacent to an activating group) is 1. The predicted molar refractivity (Wildman–Crippen MR) is 85.6 cm³/mol. The minimum absolute atomic E-state index is 0.267. The maximum atomic E-state index is 10.4. The van der Waals surface area contributed by atoms with Gasteiger partial charge in [-0.2, -0.15) is 0 Å². The van der Waals surface area contributed by atoms with Crippen LogP contribution in [0.25, 0.3) is 10.9 Å². The van der Waals surface area contributed by atoms with Crippen LogP contribution in [0, 0.1) is 6.92 Å². The number of β-amino-alcohol motifs (C(OH)–C–C–N with tert-alkyl or cyclic N) is 1. The molecule has 1 aliphatic carbocycles. The van der Waals surface area contributed by atoms with Gasteiger partial charge in [-0.05, 0) is 50.4 Å². The lowest BCUT2D eigenvalue weighted by atomic mass is 9.90. The van der Waals surface area contributed by atoms with E-state index >= 15 is 0 Å². The first-order valence-electron chi connectivity index (χ1n) is 8.22. The zero-order chi connectivity index (χ0) is 14.6. The highest BCUT2D eigenvalue weighted by atomic mass is 16.3. The largest absolute Gasteiger partial charge is 0.390 e. The van der Waals surface area contributed by atoms with Gasteiger partial charge in [0, 0.05) is 23.1 Å². The van der Waals surface area contributed by atoms with E-state index in [1.54, 1.807) is 0 Å². The van der Waals surface area contributed by atoms with E-state index < -0.39 is 0 Å². The summed E-state index contributed by atoms with van der Waals surface area (Å²) >= 11 is 0. The van der Waals surface area contributed by atoms with Gasteiger partial charge in [-0.15, -0.1) is 0 Å². The number of nitrogens with zero attached hydrogens (tertiary/aromatic N) is 2. The average molecular weight is 284 g/mol. The number of aryl methyl sites for hydroxylation is 2. The van der Waals surface area contributed by atoms with Crippen LogP contribution in [0.2, 0.25) is 0 Å². The van der Waals surface area contributed by atoms with Gasteiger partial charge in [-0.3, -0.25) is 4.90 Å². The zero-order valence-electron chi connectivity index (χ0n) is 13.0. The molecule has 0 saturated carbocycles. The lowest BCUT2D eigenvalue weighted by Gasteiger charge is -2.33. The summed E-state index contributed by atoms with van der Waals surface area (Å²) in [6.07, 6.45) is 3.41. The molecule has 1 aliphatic heterocycles. The lowest BCUT2D eigenvalue weighted by Crippen LogP contribution is -2.35. The van der Waals surface area contributed by atoms with Gasteiger partial charge in [0.15, 0.2) is 0 Å². The van der Waals surface area contributed by atoms with Crippen LogP contribution in [-0.2, 0) is 13.0 Å². The molecule has 112 valence electrons. The second kappa shape index (κ2) is 4.85. The molecular weight excluding hydrogens is 260 g/mol. The van der Waals surface area contributed by atoms with Crippen molar-refractivity contribution >= 4 is 10.9 Å². The number of aliphatic hydroxyl groups excluding tert-OH is 1. The van der Waals surface area contributed by atoms with E-state index in [0.717, 1.165) is 19.6 Å². The molecule has 2 atom stereocenters. The maximum Gasteiger partial charge on any atom is 0.0846 e. The Morgan fingerprint density at radius 3 is 2.95 bits per heavy atom. The van der Waals surface area contributed by atoms with Gasteiger partial charge in [0.25, 0.3) is 0 Å². The smallest absolute Gasteiger partial charge is 0.0846 e. The number of aliphatic hydroxyl groups is 1. The SMILES string of the molecule is CCN1C[C@H](O)Cn2c3c(c4cc(C)ccc42)CCC[C@@H]31. The van der Waals surface area contributed by atoms with Crippen LogP contribution >= 0.6 is 0 Å². The third-order valence-electron chi connectivity index (χ3n) is 5.27. The lowest BCUT2D eigenvalue weighted by molar-refractivity contribution is 0.0901. The van der Waals surface area contributed by atoms with Gasteiger partial charge >= 0.3 is 0 Å². The van der Waals surface area contributed by atoms with Crippen molar-refractivity contribution in [2.24, 2.45) is 0 Å². The number of aromatic nitrogens is 1. The summed E-state index contributed by atoms with van der Waals surface area (Å²) in [6, 6.07) is 7.26. The molecule has 1 aromatic carbocycles. The van der Waals surface area contributed by atoms with Crippen LogP contribution in [0.3, 0.4) is 0 Å². The van der Waals surface area contributed by atoms with E-state index in [-0.39, 0.29) is 6.10 Å². The van der Waals surface area contributed by atoms with Crippen molar-refractivity contribution in [2.45, 2.75) is 51.8 Å². The molecule has 3 nitrogen and oxygen atoms in total. The predicted octanol–water partition coefficient (Wildman–Crippen LogP) is 3.02.